The fourth-order valence-corrected chi connectivity index (χ4v) is 3.08. The molecule has 5 nitrogen and oxygen atoms in total. The van der Waals surface area contributed by atoms with Gasteiger partial charge >= 0.3 is 6.01 Å². The number of aromatic nitrogens is 2. The molecule has 1 fully saturated rings. The van der Waals surface area contributed by atoms with Gasteiger partial charge in [0.05, 0.1) is 6.04 Å². The molecular weight excluding hydrogens is 248 g/mol. The Bertz CT molecular complexity index is 371. The van der Waals surface area contributed by atoms with Crippen molar-refractivity contribution in [1.29, 1.82) is 0 Å². The number of thioether (sulfide) groups is 1. The predicted molar refractivity (Wildman–Crippen MR) is 75.0 cm³/mol. The Kier molecular flexibility index (Phi) is 4.88. The minimum absolute atomic E-state index is 0.0957. The summed E-state index contributed by atoms with van der Waals surface area (Å²) in [4.78, 5) is 0. The van der Waals surface area contributed by atoms with Gasteiger partial charge in [0.2, 0.25) is 5.89 Å². The van der Waals surface area contributed by atoms with Crippen molar-refractivity contribution in [1.82, 2.24) is 15.5 Å². The molecule has 1 aliphatic carbocycles. The summed E-state index contributed by atoms with van der Waals surface area (Å²) in [5, 5.41) is 15.3. The molecule has 1 aromatic heterocycles. The molecule has 0 saturated heterocycles. The maximum Gasteiger partial charge on any atom is 0.315 e. The van der Waals surface area contributed by atoms with Crippen molar-refractivity contribution in [2.24, 2.45) is 0 Å². The summed E-state index contributed by atoms with van der Waals surface area (Å²) in [6.07, 6.45) is 7.16. The van der Waals surface area contributed by atoms with Crippen molar-refractivity contribution in [3.63, 3.8) is 0 Å². The van der Waals surface area contributed by atoms with Gasteiger partial charge in [-0.05, 0) is 39.5 Å². The van der Waals surface area contributed by atoms with Crippen LogP contribution in [0.2, 0.25) is 0 Å². The number of hydrogen-bond acceptors (Lipinski definition) is 6. The van der Waals surface area contributed by atoms with Gasteiger partial charge in [0, 0.05) is 11.3 Å². The van der Waals surface area contributed by atoms with Crippen molar-refractivity contribution in [3.05, 3.63) is 5.89 Å². The van der Waals surface area contributed by atoms with Crippen LogP contribution in [0.25, 0.3) is 0 Å². The molecule has 102 valence electrons. The van der Waals surface area contributed by atoms with Crippen LogP contribution in [-0.2, 0) is 0 Å². The molecule has 1 heterocycles. The lowest BCUT2D eigenvalue weighted by Crippen LogP contribution is -2.28. The number of rotatable bonds is 5. The molecule has 0 spiro atoms. The summed E-state index contributed by atoms with van der Waals surface area (Å²) in [5.74, 6) is 0.636. The minimum Gasteiger partial charge on any atom is -0.406 e. The standard InChI is InChI=1S/C12H22N4OS/c1-8(13-2)11-15-16-12(17-11)14-9-5-4-6-10(7-9)18-3/h8-10,13H,4-7H2,1-3H3,(H,14,16). The summed E-state index contributed by atoms with van der Waals surface area (Å²) in [6.45, 7) is 2.00. The van der Waals surface area contributed by atoms with Crippen LogP contribution >= 0.6 is 11.8 Å². The second-order valence-corrected chi connectivity index (χ2v) is 5.96. The quantitative estimate of drug-likeness (QED) is 0.857. The number of anilines is 1. The molecule has 0 radical (unpaired) electrons. The lowest BCUT2D eigenvalue weighted by atomic mass is 9.95. The van der Waals surface area contributed by atoms with Gasteiger partial charge in [-0.1, -0.05) is 11.5 Å². The van der Waals surface area contributed by atoms with E-state index in [0.717, 1.165) is 5.25 Å². The molecule has 0 aliphatic heterocycles. The normalized spacial score (nSPS) is 25.9. The van der Waals surface area contributed by atoms with Crippen LogP contribution < -0.4 is 10.6 Å². The van der Waals surface area contributed by atoms with Gasteiger partial charge in [-0.2, -0.15) is 11.8 Å². The van der Waals surface area contributed by atoms with E-state index in [0.29, 0.717) is 17.9 Å². The summed E-state index contributed by atoms with van der Waals surface area (Å²) in [5.41, 5.74) is 0. The lowest BCUT2D eigenvalue weighted by molar-refractivity contribution is 0.423. The van der Waals surface area contributed by atoms with Crippen LogP contribution in [0.3, 0.4) is 0 Å². The molecular formula is C12H22N4OS. The fourth-order valence-electron chi connectivity index (χ4n) is 2.26. The Labute approximate surface area is 112 Å². The SMILES string of the molecule is CNC(C)c1nnc(NC2CCCC(SC)C2)o1. The Hall–Kier alpha value is -0.750. The fraction of sp³-hybridized carbons (Fsp3) is 0.833. The smallest absolute Gasteiger partial charge is 0.315 e. The molecule has 1 saturated carbocycles. The predicted octanol–water partition coefficient (Wildman–Crippen LogP) is 2.44. The molecule has 3 unspecified atom stereocenters. The molecule has 3 atom stereocenters. The summed E-state index contributed by atoms with van der Waals surface area (Å²) in [6, 6.07) is 1.12. The molecule has 6 heteroatoms. The van der Waals surface area contributed by atoms with Gasteiger partial charge in [-0.3, -0.25) is 0 Å². The molecule has 0 amide bonds. The first kappa shape index (κ1) is 13.7. The van der Waals surface area contributed by atoms with Crippen molar-refractivity contribution in [3.8, 4) is 0 Å². The molecule has 1 aliphatic rings. The number of nitrogens with one attached hydrogen (secondary N) is 2. The minimum atomic E-state index is 0.0957. The Morgan fingerprint density at radius 3 is 2.94 bits per heavy atom. The largest absolute Gasteiger partial charge is 0.406 e. The van der Waals surface area contributed by atoms with Crippen LogP contribution in [0, 0.1) is 0 Å². The molecule has 2 N–H and O–H groups in total. The average molecular weight is 270 g/mol. The van der Waals surface area contributed by atoms with Crippen molar-refractivity contribution in [2.75, 3.05) is 18.6 Å². The highest BCUT2D eigenvalue weighted by molar-refractivity contribution is 7.99. The summed E-state index contributed by atoms with van der Waals surface area (Å²) < 4.78 is 5.61. The Morgan fingerprint density at radius 2 is 2.22 bits per heavy atom. The topological polar surface area (TPSA) is 63.0 Å². The van der Waals surface area contributed by atoms with E-state index in [2.05, 4.69) is 27.1 Å². The van der Waals surface area contributed by atoms with Crippen molar-refractivity contribution >= 4 is 17.8 Å². The molecule has 18 heavy (non-hydrogen) atoms. The third kappa shape index (κ3) is 3.38. The van der Waals surface area contributed by atoms with Crippen molar-refractivity contribution < 1.29 is 4.42 Å². The number of nitrogens with zero attached hydrogens (tertiary/aromatic N) is 2. The van der Waals surface area contributed by atoms with E-state index in [9.17, 15) is 0 Å². The Morgan fingerprint density at radius 1 is 1.39 bits per heavy atom. The Balaban J connectivity index is 1.90. The number of hydrogen-bond donors (Lipinski definition) is 2. The molecule has 2 rings (SSSR count). The summed E-state index contributed by atoms with van der Waals surface area (Å²) >= 11 is 1.96. The average Bonchev–Trinajstić information content (AvgIpc) is 2.86. The monoisotopic (exact) mass is 270 g/mol. The third-order valence-corrected chi connectivity index (χ3v) is 4.63. The first-order valence-electron chi connectivity index (χ1n) is 6.53. The molecule has 1 aromatic rings. The first-order valence-corrected chi connectivity index (χ1v) is 7.81. The van der Waals surface area contributed by atoms with Crippen LogP contribution in [0.5, 0.6) is 0 Å². The van der Waals surface area contributed by atoms with Gasteiger partial charge in [0.25, 0.3) is 0 Å². The van der Waals surface area contributed by atoms with Gasteiger partial charge in [0.1, 0.15) is 0 Å². The van der Waals surface area contributed by atoms with Gasteiger partial charge in [-0.25, -0.2) is 0 Å². The van der Waals surface area contributed by atoms with Gasteiger partial charge in [-0.15, -0.1) is 5.10 Å². The van der Waals surface area contributed by atoms with Crippen molar-refractivity contribution in [2.45, 2.75) is 49.9 Å². The third-order valence-electron chi connectivity index (χ3n) is 3.53. The van der Waals surface area contributed by atoms with Crippen LogP contribution in [0.1, 0.15) is 44.5 Å². The summed E-state index contributed by atoms with van der Waals surface area (Å²) in [7, 11) is 1.88. The van der Waals surface area contributed by atoms with Gasteiger partial charge in [0.15, 0.2) is 0 Å². The maximum absolute atomic E-state index is 5.61. The van der Waals surface area contributed by atoms with E-state index in [-0.39, 0.29) is 6.04 Å². The highest BCUT2D eigenvalue weighted by Crippen LogP contribution is 2.28. The van der Waals surface area contributed by atoms with Crippen LogP contribution in [0.4, 0.5) is 6.01 Å². The van der Waals surface area contributed by atoms with Crippen LogP contribution in [0.15, 0.2) is 4.42 Å². The zero-order valence-corrected chi connectivity index (χ0v) is 12.1. The zero-order valence-electron chi connectivity index (χ0n) is 11.3. The van der Waals surface area contributed by atoms with E-state index in [1.165, 1.54) is 25.7 Å². The van der Waals surface area contributed by atoms with E-state index in [4.69, 9.17) is 4.42 Å². The van der Waals surface area contributed by atoms with Gasteiger partial charge < -0.3 is 15.1 Å². The van der Waals surface area contributed by atoms with E-state index >= 15 is 0 Å². The van der Waals surface area contributed by atoms with E-state index in [1.54, 1.807) is 0 Å². The second kappa shape index (κ2) is 6.43. The maximum atomic E-state index is 5.61. The molecule has 0 bridgehead atoms. The highest BCUT2D eigenvalue weighted by atomic mass is 32.2. The highest BCUT2D eigenvalue weighted by Gasteiger charge is 2.23. The second-order valence-electron chi connectivity index (χ2n) is 4.82. The molecule has 0 aromatic carbocycles. The first-order chi connectivity index (χ1) is 8.72. The van der Waals surface area contributed by atoms with E-state index in [1.807, 2.05) is 25.7 Å². The van der Waals surface area contributed by atoms with Crippen LogP contribution in [-0.4, -0.2) is 34.8 Å². The zero-order chi connectivity index (χ0) is 13.0. The lowest BCUT2D eigenvalue weighted by Gasteiger charge is -2.27. The van der Waals surface area contributed by atoms with E-state index < -0.39 is 0 Å².